The van der Waals surface area contributed by atoms with E-state index >= 15 is 0 Å². The van der Waals surface area contributed by atoms with Crippen molar-refractivity contribution in [3.8, 4) is 0 Å². The second-order valence-corrected chi connectivity index (χ2v) is 7.86. The minimum atomic E-state index is -0.568. The Labute approximate surface area is 172 Å². The van der Waals surface area contributed by atoms with Crippen LogP contribution in [0, 0.1) is 0 Å². The summed E-state index contributed by atoms with van der Waals surface area (Å²) in [5.74, 6) is -0.0522. The number of carbonyl (C=O) groups excluding carboxylic acids is 1. The lowest BCUT2D eigenvalue weighted by Crippen LogP contribution is -2.16. The number of anilines is 1. The first kappa shape index (κ1) is 18.9. The van der Waals surface area contributed by atoms with E-state index in [9.17, 15) is 4.79 Å². The van der Waals surface area contributed by atoms with E-state index in [-0.39, 0.29) is 17.7 Å². The van der Waals surface area contributed by atoms with Crippen molar-refractivity contribution in [3.05, 3.63) is 76.8 Å². The van der Waals surface area contributed by atoms with Crippen LogP contribution in [0.15, 0.2) is 55.1 Å². The molecule has 4 aromatic rings. The first-order valence-corrected chi connectivity index (χ1v) is 10.0. The molecule has 3 N–H and O–H groups in total. The molecule has 0 fully saturated rings. The summed E-state index contributed by atoms with van der Waals surface area (Å²) in [5, 5.41) is 3.25. The third-order valence-electron chi connectivity index (χ3n) is 4.81. The number of nitrogens with zero attached hydrogens (tertiary/aromatic N) is 4. The number of nitrogens with one attached hydrogen (secondary N) is 1. The van der Waals surface area contributed by atoms with E-state index in [2.05, 4.69) is 32.2 Å². The standard InChI is InChI=1S/C21H20N6OS/c1-12(14-3-7-23-8-4-14)17-11-16-19(29-17)18(20(22)28)27-21(26-16)25-13(2)15-5-9-24-10-6-15/h3-13H,1-2H3,(H2,22,28)(H,25,26,27)/t12-,13-/m0/s1. The van der Waals surface area contributed by atoms with Crippen molar-refractivity contribution in [1.82, 2.24) is 19.9 Å². The molecule has 146 valence electrons. The lowest BCUT2D eigenvalue weighted by Gasteiger charge is -2.14. The van der Waals surface area contributed by atoms with Gasteiger partial charge in [0.1, 0.15) is 0 Å². The van der Waals surface area contributed by atoms with Crippen LogP contribution in [0.4, 0.5) is 5.95 Å². The van der Waals surface area contributed by atoms with E-state index < -0.39 is 5.91 Å². The number of amides is 1. The van der Waals surface area contributed by atoms with E-state index in [0.29, 0.717) is 16.2 Å². The molecule has 1 amide bonds. The molecular weight excluding hydrogens is 384 g/mol. The number of hydrogen-bond donors (Lipinski definition) is 2. The van der Waals surface area contributed by atoms with E-state index in [4.69, 9.17) is 5.73 Å². The van der Waals surface area contributed by atoms with Crippen LogP contribution < -0.4 is 11.1 Å². The Bertz CT molecular complexity index is 1150. The molecule has 0 aliphatic carbocycles. The Morgan fingerprint density at radius 3 is 2.24 bits per heavy atom. The zero-order chi connectivity index (χ0) is 20.4. The molecule has 0 radical (unpaired) electrons. The maximum Gasteiger partial charge on any atom is 0.269 e. The van der Waals surface area contributed by atoms with Crippen molar-refractivity contribution in [2.24, 2.45) is 5.73 Å². The SMILES string of the molecule is C[C@@H](c1ccncc1)c1cc2nc(N[C@@H](C)c3ccncc3)nc(C(N)=O)c2s1. The monoisotopic (exact) mass is 404 g/mol. The smallest absolute Gasteiger partial charge is 0.269 e. The number of aromatic nitrogens is 4. The number of pyridine rings is 2. The normalized spacial score (nSPS) is 13.2. The highest BCUT2D eigenvalue weighted by atomic mass is 32.1. The number of thiophene rings is 1. The highest BCUT2D eigenvalue weighted by Crippen LogP contribution is 2.35. The fraction of sp³-hybridized carbons (Fsp3) is 0.190. The van der Waals surface area contributed by atoms with Gasteiger partial charge in [0.15, 0.2) is 5.69 Å². The summed E-state index contributed by atoms with van der Waals surface area (Å²) in [4.78, 5) is 30.3. The molecule has 4 aromatic heterocycles. The lowest BCUT2D eigenvalue weighted by molar-refractivity contribution is 0.0997. The number of rotatable bonds is 6. The Morgan fingerprint density at radius 2 is 1.62 bits per heavy atom. The summed E-state index contributed by atoms with van der Waals surface area (Å²) in [6, 6.07) is 9.76. The highest BCUT2D eigenvalue weighted by Gasteiger charge is 2.19. The van der Waals surface area contributed by atoms with Crippen LogP contribution in [-0.2, 0) is 0 Å². The first-order valence-electron chi connectivity index (χ1n) is 9.20. The van der Waals surface area contributed by atoms with Crippen LogP contribution in [0.2, 0.25) is 0 Å². The molecule has 0 bridgehead atoms. The Hall–Kier alpha value is -3.39. The van der Waals surface area contributed by atoms with Gasteiger partial charge in [0.25, 0.3) is 5.91 Å². The molecule has 8 heteroatoms. The predicted octanol–water partition coefficient (Wildman–Crippen LogP) is 3.91. The van der Waals surface area contributed by atoms with E-state index in [0.717, 1.165) is 16.0 Å². The van der Waals surface area contributed by atoms with Crippen LogP contribution >= 0.6 is 11.3 Å². The summed E-state index contributed by atoms with van der Waals surface area (Å²) in [6.45, 7) is 4.11. The maximum atomic E-state index is 12.1. The summed E-state index contributed by atoms with van der Waals surface area (Å²) in [5.41, 5.74) is 8.75. The van der Waals surface area contributed by atoms with Gasteiger partial charge in [-0.1, -0.05) is 6.92 Å². The van der Waals surface area contributed by atoms with Crippen molar-refractivity contribution >= 4 is 33.4 Å². The summed E-state index contributed by atoms with van der Waals surface area (Å²) in [6.07, 6.45) is 7.02. The van der Waals surface area contributed by atoms with Crippen LogP contribution in [0.1, 0.15) is 52.3 Å². The lowest BCUT2D eigenvalue weighted by atomic mass is 10.0. The number of nitrogens with two attached hydrogens (primary N) is 1. The summed E-state index contributed by atoms with van der Waals surface area (Å²) >= 11 is 1.50. The number of primary amides is 1. The molecule has 4 rings (SSSR count). The van der Waals surface area contributed by atoms with Crippen molar-refractivity contribution in [2.75, 3.05) is 5.32 Å². The van der Waals surface area contributed by atoms with Gasteiger partial charge in [0.05, 0.1) is 16.3 Å². The van der Waals surface area contributed by atoms with Crippen LogP contribution in [0.3, 0.4) is 0 Å². The molecule has 2 atom stereocenters. The molecule has 0 unspecified atom stereocenters. The second-order valence-electron chi connectivity index (χ2n) is 6.77. The molecule has 0 saturated carbocycles. The third kappa shape index (κ3) is 3.93. The molecule has 7 nitrogen and oxygen atoms in total. The molecule has 4 heterocycles. The van der Waals surface area contributed by atoms with Crippen LogP contribution in [0.5, 0.6) is 0 Å². The van der Waals surface area contributed by atoms with Gasteiger partial charge in [0, 0.05) is 35.6 Å². The second kappa shape index (κ2) is 7.92. The molecule has 0 saturated heterocycles. The van der Waals surface area contributed by atoms with Crippen LogP contribution in [0.25, 0.3) is 10.2 Å². The van der Waals surface area contributed by atoms with Gasteiger partial charge in [-0.2, -0.15) is 0 Å². The van der Waals surface area contributed by atoms with Crippen molar-refractivity contribution in [2.45, 2.75) is 25.8 Å². The number of carbonyl (C=O) groups is 1. The van der Waals surface area contributed by atoms with Gasteiger partial charge in [-0.05, 0) is 48.4 Å². The van der Waals surface area contributed by atoms with Crippen LogP contribution in [-0.4, -0.2) is 25.8 Å². The van der Waals surface area contributed by atoms with Gasteiger partial charge in [-0.25, -0.2) is 9.97 Å². The van der Waals surface area contributed by atoms with E-state index in [1.807, 2.05) is 37.3 Å². The largest absolute Gasteiger partial charge is 0.364 e. The maximum absolute atomic E-state index is 12.1. The fourth-order valence-corrected chi connectivity index (χ4v) is 4.31. The Morgan fingerprint density at radius 1 is 1.00 bits per heavy atom. The first-order chi connectivity index (χ1) is 14.0. The van der Waals surface area contributed by atoms with Gasteiger partial charge in [0.2, 0.25) is 5.95 Å². The van der Waals surface area contributed by atoms with E-state index in [1.54, 1.807) is 24.8 Å². The highest BCUT2D eigenvalue weighted by molar-refractivity contribution is 7.19. The average molecular weight is 404 g/mol. The Balaban J connectivity index is 1.72. The third-order valence-corrected chi connectivity index (χ3v) is 6.12. The summed E-state index contributed by atoms with van der Waals surface area (Å²) in [7, 11) is 0. The van der Waals surface area contributed by atoms with Gasteiger partial charge >= 0.3 is 0 Å². The average Bonchev–Trinajstić information content (AvgIpc) is 3.17. The van der Waals surface area contributed by atoms with Gasteiger partial charge < -0.3 is 11.1 Å². The molecule has 0 aromatic carbocycles. The van der Waals surface area contributed by atoms with Crippen molar-refractivity contribution in [3.63, 3.8) is 0 Å². The zero-order valence-electron chi connectivity index (χ0n) is 16.0. The molecule has 0 aliphatic heterocycles. The molecular formula is C21H20N6OS. The molecule has 29 heavy (non-hydrogen) atoms. The van der Waals surface area contributed by atoms with E-state index in [1.165, 1.54) is 11.3 Å². The topological polar surface area (TPSA) is 107 Å². The fourth-order valence-electron chi connectivity index (χ4n) is 3.14. The van der Waals surface area contributed by atoms with Gasteiger partial charge in [-0.3, -0.25) is 14.8 Å². The van der Waals surface area contributed by atoms with Gasteiger partial charge in [-0.15, -0.1) is 11.3 Å². The number of hydrogen-bond acceptors (Lipinski definition) is 7. The minimum absolute atomic E-state index is 0.0509. The Kier molecular flexibility index (Phi) is 5.18. The van der Waals surface area contributed by atoms with Crippen molar-refractivity contribution < 1.29 is 4.79 Å². The zero-order valence-corrected chi connectivity index (χ0v) is 16.9. The molecule has 0 aliphatic rings. The quantitative estimate of drug-likeness (QED) is 0.505. The molecule has 0 spiro atoms. The van der Waals surface area contributed by atoms with Crippen molar-refractivity contribution in [1.29, 1.82) is 0 Å². The minimum Gasteiger partial charge on any atom is -0.364 e. The number of fused-ring (bicyclic) bond motifs is 1. The predicted molar refractivity (Wildman–Crippen MR) is 114 cm³/mol. The summed E-state index contributed by atoms with van der Waals surface area (Å²) < 4.78 is 0.704.